The zero-order valence-electron chi connectivity index (χ0n) is 13.5. The van der Waals surface area contributed by atoms with Crippen LogP contribution in [-0.4, -0.2) is 27.1 Å². The number of hydrogen-bond donors (Lipinski definition) is 1. The molecule has 1 atom stereocenters. The van der Waals surface area contributed by atoms with E-state index in [0.29, 0.717) is 6.04 Å². The van der Waals surface area contributed by atoms with Gasteiger partial charge in [0.2, 0.25) is 0 Å². The smallest absolute Gasteiger partial charge is 0.185 e. The van der Waals surface area contributed by atoms with Crippen LogP contribution in [0.3, 0.4) is 0 Å². The fourth-order valence-corrected chi connectivity index (χ4v) is 3.76. The maximum atomic E-state index is 4.29. The van der Waals surface area contributed by atoms with Crippen LogP contribution in [0.2, 0.25) is 0 Å². The lowest BCUT2D eigenvalue weighted by molar-refractivity contribution is 0.597. The number of aromatic nitrogens is 3. The Kier molecular flexibility index (Phi) is 5.42. The minimum Gasteiger partial charge on any atom is -0.309 e. The molecular weight excluding hydrogens is 280 g/mol. The second-order valence-corrected chi connectivity index (χ2v) is 6.39. The summed E-state index contributed by atoms with van der Waals surface area (Å²) >= 11 is 1.75. The van der Waals surface area contributed by atoms with Crippen LogP contribution in [0.4, 0.5) is 0 Å². The van der Waals surface area contributed by atoms with Crippen LogP contribution in [0.1, 0.15) is 35.2 Å². The number of benzene rings is 1. The molecule has 1 aromatic heterocycles. The fraction of sp³-hybridized carbons (Fsp3) is 0.500. The molecule has 0 spiro atoms. The normalized spacial score (nSPS) is 12.6. The molecule has 0 amide bonds. The zero-order valence-corrected chi connectivity index (χ0v) is 14.3. The maximum Gasteiger partial charge on any atom is 0.185 e. The zero-order chi connectivity index (χ0) is 15.4. The molecule has 2 aromatic rings. The standard InChI is InChI=1S/C16H24N4S/c1-6-17-14(9-21-16-18-10-19-20(16)5)15-12(3)7-11(2)8-13(15)4/h7-8,10,14,17H,6,9H2,1-5H3. The quantitative estimate of drug-likeness (QED) is 0.832. The molecule has 0 saturated carbocycles. The van der Waals surface area contributed by atoms with Gasteiger partial charge >= 0.3 is 0 Å². The van der Waals surface area contributed by atoms with Gasteiger partial charge in [-0.1, -0.05) is 36.4 Å². The number of nitrogens with zero attached hydrogens (tertiary/aromatic N) is 3. The first-order valence-corrected chi connectivity index (χ1v) is 8.29. The van der Waals surface area contributed by atoms with Crippen molar-refractivity contribution in [1.82, 2.24) is 20.1 Å². The molecule has 2 rings (SSSR count). The third kappa shape index (κ3) is 3.86. The molecule has 1 aromatic carbocycles. The molecule has 0 saturated heterocycles. The average Bonchev–Trinajstić information content (AvgIpc) is 2.80. The van der Waals surface area contributed by atoms with Crippen LogP contribution in [0.5, 0.6) is 0 Å². The van der Waals surface area contributed by atoms with Gasteiger partial charge in [-0.05, 0) is 44.0 Å². The predicted octanol–water partition coefficient (Wildman–Crippen LogP) is 3.18. The Morgan fingerprint density at radius 2 is 1.90 bits per heavy atom. The van der Waals surface area contributed by atoms with Gasteiger partial charge in [0.25, 0.3) is 0 Å². The molecule has 5 heteroatoms. The van der Waals surface area contributed by atoms with E-state index in [-0.39, 0.29) is 0 Å². The first kappa shape index (κ1) is 16.0. The molecule has 0 aliphatic carbocycles. The lowest BCUT2D eigenvalue weighted by Gasteiger charge is -2.22. The lowest BCUT2D eigenvalue weighted by Crippen LogP contribution is -2.25. The highest BCUT2D eigenvalue weighted by atomic mass is 32.2. The molecule has 0 bridgehead atoms. The summed E-state index contributed by atoms with van der Waals surface area (Å²) in [4.78, 5) is 4.29. The van der Waals surface area contributed by atoms with Crippen LogP contribution in [0.15, 0.2) is 23.6 Å². The molecule has 21 heavy (non-hydrogen) atoms. The Balaban J connectivity index is 2.21. The van der Waals surface area contributed by atoms with Crippen LogP contribution < -0.4 is 5.32 Å². The summed E-state index contributed by atoms with van der Waals surface area (Å²) in [5.74, 6) is 0.950. The van der Waals surface area contributed by atoms with Crippen molar-refractivity contribution in [2.45, 2.75) is 38.9 Å². The molecule has 0 aliphatic rings. The second kappa shape index (κ2) is 7.09. The van der Waals surface area contributed by atoms with Crippen molar-refractivity contribution in [1.29, 1.82) is 0 Å². The Morgan fingerprint density at radius 3 is 2.43 bits per heavy atom. The third-order valence-corrected chi connectivity index (χ3v) is 4.71. The Labute approximate surface area is 131 Å². The van der Waals surface area contributed by atoms with E-state index in [0.717, 1.165) is 17.5 Å². The molecule has 0 aliphatic heterocycles. The Bertz CT molecular complexity index is 583. The van der Waals surface area contributed by atoms with Crippen molar-refractivity contribution in [2.75, 3.05) is 12.3 Å². The summed E-state index contributed by atoms with van der Waals surface area (Å²) in [6.07, 6.45) is 1.60. The largest absolute Gasteiger partial charge is 0.309 e. The van der Waals surface area contributed by atoms with Gasteiger partial charge in [0.05, 0.1) is 0 Å². The lowest BCUT2D eigenvalue weighted by atomic mass is 9.95. The van der Waals surface area contributed by atoms with E-state index < -0.39 is 0 Å². The van der Waals surface area contributed by atoms with Crippen molar-refractivity contribution >= 4 is 11.8 Å². The topological polar surface area (TPSA) is 42.7 Å². The van der Waals surface area contributed by atoms with E-state index in [1.54, 1.807) is 18.1 Å². The fourth-order valence-electron chi connectivity index (χ4n) is 2.81. The molecule has 1 heterocycles. The van der Waals surface area contributed by atoms with Gasteiger partial charge < -0.3 is 5.32 Å². The van der Waals surface area contributed by atoms with Crippen LogP contribution in [-0.2, 0) is 7.05 Å². The molecule has 4 nitrogen and oxygen atoms in total. The van der Waals surface area contributed by atoms with Gasteiger partial charge in [0.15, 0.2) is 5.16 Å². The van der Waals surface area contributed by atoms with E-state index in [9.17, 15) is 0 Å². The van der Waals surface area contributed by atoms with E-state index in [2.05, 4.69) is 55.2 Å². The third-order valence-electron chi connectivity index (χ3n) is 3.59. The summed E-state index contributed by atoms with van der Waals surface area (Å²) in [7, 11) is 1.93. The maximum absolute atomic E-state index is 4.29. The average molecular weight is 304 g/mol. The number of hydrogen-bond acceptors (Lipinski definition) is 4. The van der Waals surface area contributed by atoms with Gasteiger partial charge in [0, 0.05) is 18.8 Å². The SMILES string of the molecule is CCNC(CSc1ncnn1C)c1c(C)cc(C)cc1C. The highest BCUT2D eigenvalue weighted by Crippen LogP contribution is 2.28. The van der Waals surface area contributed by atoms with E-state index in [4.69, 9.17) is 0 Å². The van der Waals surface area contributed by atoms with Gasteiger partial charge in [-0.3, -0.25) is 0 Å². The second-order valence-electron chi connectivity index (χ2n) is 5.40. The summed E-state index contributed by atoms with van der Waals surface area (Å²) in [5, 5.41) is 8.69. The van der Waals surface area contributed by atoms with Crippen LogP contribution >= 0.6 is 11.8 Å². The molecular formula is C16H24N4S. The van der Waals surface area contributed by atoms with Gasteiger partial charge in [-0.2, -0.15) is 5.10 Å². The molecule has 0 fully saturated rings. The van der Waals surface area contributed by atoms with Crippen molar-refractivity contribution in [3.63, 3.8) is 0 Å². The minimum absolute atomic E-state index is 0.331. The molecule has 1 unspecified atom stereocenters. The van der Waals surface area contributed by atoms with Crippen molar-refractivity contribution in [3.05, 3.63) is 40.7 Å². The first-order valence-electron chi connectivity index (χ1n) is 7.30. The monoisotopic (exact) mass is 304 g/mol. The van der Waals surface area contributed by atoms with Crippen LogP contribution in [0, 0.1) is 20.8 Å². The molecule has 0 radical (unpaired) electrons. The summed E-state index contributed by atoms with van der Waals surface area (Å²) < 4.78 is 1.82. The first-order chi connectivity index (χ1) is 10.0. The van der Waals surface area contributed by atoms with Crippen molar-refractivity contribution < 1.29 is 0 Å². The predicted molar refractivity (Wildman–Crippen MR) is 88.8 cm³/mol. The summed E-state index contributed by atoms with van der Waals surface area (Å²) in [6.45, 7) is 9.66. The van der Waals surface area contributed by atoms with E-state index in [1.165, 1.54) is 22.3 Å². The highest BCUT2D eigenvalue weighted by molar-refractivity contribution is 7.99. The number of aryl methyl sites for hydroxylation is 4. The minimum atomic E-state index is 0.331. The summed E-state index contributed by atoms with van der Waals surface area (Å²) in [6, 6.07) is 4.86. The Hall–Kier alpha value is -1.33. The van der Waals surface area contributed by atoms with E-state index in [1.807, 2.05) is 11.7 Å². The van der Waals surface area contributed by atoms with Crippen LogP contribution in [0.25, 0.3) is 0 Å². The molecule has 114 valence electrons. The van der Waals surface area contributed by atoms with Crippen molar-refractivity contribution in [2.24, 2.45) is 7.05 Å². The van der Waals surface area contributed by atoms with E-state index >= 15 is 0 Å². The van der Waals surface area contributed by atoms with Crippen molar-refractivity contribution in [3.8, 4) is 0 Å². The van der Waals surface area contributed by atoms with Gasteiger partial charge in [0.1, 0.15) is 6.33 Å². The summed E-state index contributed by atoms with van der Waals surface area (Å²) in [5.41, 5.74) is 5.45. The highest BCUT2D eigenvalue weighted by Gasteiger charge is 2.17. The molecule has 1 N–H and O–H groups in total. The number of rotatable bonds is 6. The Morgan fingerprint density at radius 1 is 1.24 bits per heavy atom. The number of nitrogens with one attached hydrogen (secondary N) is 1. The van der Waals surface area contributed by atoms with Gasteiger partial charge in [-0.15, -0.1) is 0 Å². The van der Waals surface area contributed by atoms with Gasteiger partial charge in [-0.25, -0.2) is 9.67 Å². The number of thioether (sulfide) groups is 1.